The second-order valence-electron chi connectivity index (χ2n) is 4.73. The standard InChI is InChI=1S/C13H12F3N3O/c14-8-5-9(15)11(10(16)6-8)13-18-12(19-20-13)7-1-3-17-4-2-7/h5-7,17H,1-4H2. The molecule has 1 aliphatic heterocycles. The van der Waals surface area contributed by atoms with Gasteiger partial charge in [0.1, 0.15) is 23.0 Å². The first-order valence-electron chi connectivity index (χ1n) is 6.34. The Hall–Kier alpha value is -1.89. The van der Waals surface area contributed by atoms with E-state index in [1.54, 1.807) is 0 Å². The highest BCUT2D eigenvalue weighted by Crippen LogP contribution is 2.29. The second kappa shape index (κ2) is 5.24. The van der Waals surface area contributed by atoms with Crippen molar-refractivity contribution in [1.29, 1.82) is 0 Å². The van der Waals surface area contributed by atoms with Gasteiger partial charge in [-0.3, -0.25) is 0 Å². The lowest BCUT2D eigenvalue weighted by Crippen LogP contribution is -2.27. The molecule has 2 aromatic rings. The summed E-state index contributed by atoms with van der Waals surface area (Å²) in [5, 5.41) is 6.98. The Labute approximate surface area is 113 Å². The largest absolute Gasteiger partial charge is 0.334 e. The lowest BCUT2D eigenvalue weighted by atomic mass is 9.98. The predicted octanol–water partition coefficient (Wildman–Crippen LogP) is 2.62. The molecule has 1 fully saturated rings. The van der Waals surface area contributed by atoms with Gasteiger partial charge in [0, 0.05) is 18.1 Å². The molecule has 1 aliphatic rings. The Morgan fingerprint density at radius 3 is 2.40 bits per heavy atom. The molecule has 1 aromatic carbocycles. The normalized spacial score (nSPS) is 16.6. The molecule has 0 amide bonds. The molecule has 1 N–H and O–H groups in total. The zero-order valence-electron chi connectivity index (χ0n) is 10.5. The molecular weight excluding hydrogens is 271 g/mol. The number of rotatable bonds is 2. The van der Waals surface area contributed by atoms with Crippen molar-refractivity contribution >= 4 is 0 Å². The Balaban J connectivity index is 1.94. The average molecular weight is 283 g/mol. The fourth-order valence-electron chi connectivity index (χ4n) is 2.33. The zero-order chi connectivity index (χ0) is 14.1. The molecule has 0 spiro atoms. The van der Waals surface area contributed by atoms with Crippen molar-refractivity contribution in [3.05, 3.63) is 35.4 Å². The quantitative estimate of drug-likeness (QED) is 0.920. The zero-order valence-corrected chi connectivity index (χ0v) is 10.5. The van der Waals surface area contributed by atoms with Crippen LogP contribution in [0, 0.1) is 17.5 Å². The molecule has 0 aliphatic carbocycles. The number of halogens is 3. The maximum absolute atomic E-state index is 13.6. The second-order valence-corrected chi connectivity index (χ2v) is 4.73. The molecule has 20 heavy (non-hydrogen) atoms. The van der Waals surface area contributed by atoms with E-state index in [1.165, 1.54) is 0 Å². The summed E-state index contributed by atoms with van der Waals surface area (Å²) in [5.41, 5.74) is -0.487. The topological polar surface area (TPSA) is 51.0 Å². The minimum absolute atomic E-state index is 0.111. The van der Waals surface area contributed by atoms with Gasteiger partial charge in [-0.25, -0.2) is 13.2 Å². The summed E-state index contributed by atoms with van der Waals surface area (Å²) in [6, 6.07) is 1.18. The van der Waals surface area contributed by atoms with Crippen molar-refractivity contribution in [1.82, 2.24) is 15.5 Å². The van der Waals surface area contributed by atoms with Crippen molar-refractivity contribution in [2.24, 2.45) is 0 Å². The molecule has 106 valence electrons. The summed E-state index contributed by atoms with van der Waals surface area (Å²) < 4.78 is 45.0. The number of hydrogen-bond acceptors (Lipinski definition) is 4. The number of piperidine rings is 1. The molecule has 0 unspecified atom stereocenters. The van der Waals surface area contributed by atoms with E-state index in [0.29, 0.717) is 18.0 Å². The molecule has 3 rings (SSSR count). The SMILES string of the molecule is Fc1cc(F)c(-c2nc(C3CCNCC3)no2)c(F)c1. The first-order chi connectivity index (χ1) is 9.65. The van der Waals surface area contributed by atoms with Crippen LogP contribution in [0.25, 0.3) is 11.5 Å². The van der Waals surface area contributed by atoms with Gasteiger partial charge < -0.3 is 9.84 Å². The van der Waals surface area contributed by atoms with Crippen LogP contribution in [0.1, 0.15) is 24.6 Å². The van der Waals surface area contributed by atoms with Gasteiger partial charge in [0.25, 0.3) is 5.89 Å². The number of nitrogens with one attached hydrogen (secondary N) is 1. The fraction of sp³-hybridized carbons (Fsp3) is 0.385. The molecule has 0 bridgehead atoms. The molecule has 0 atom stereocenters. The molecule has 4 nitrogen and oxygen atoms in total. The molecule has 0 radical (unpaired) electrons. The van der Waals surface area contributed by atoms with Gasteiger partial charge in [0.05, 0.1) is 0 Å². The Morgan fingerprint density at radius 1 is 1.10 bits per heavy atom. The maximum Gasteiger partial charge on any atom is 0.263 e. The van der Waals surface area contributed by atoms with Crippen molar-refractivity contribution in [2.45, 2.75) is 18.8 Å². The summed E-state index contributed by atoms with van der Waals surface area (Å²) >= 11 is 0. The third-order valence-corrected chi connectivity index (χ3v) is 3.37. The highest BCUT2D eigenvalue weighted by Gasteiger charge is 2.24. The molecule has 1 saturated heterocycles. The average Bonchev–Trinajstić information content (AvgIpc) is 2.88. The fourth-order valence-corrected chi connectivity index (χ4v) is 2.33. The smallest absolute Gasteiger partial charge is 0.263 e. The van der Waals surface area contributed by atoms with Crippen molar-refractivity contribution in [3.8, 4) is 11.5 Å². The van der Waals surface area contributed by atoms with Crippen molar-refractivity contribution in [2.75, 3.05) is 13.1 Å². The molecular formula is C13H12F3N3O. The monoisotopic (exact) mass is 283 g/mol. The van der Waals surface area contributed by atoms with Gasteiger partial charge in [-0.05, 0) is 25.9 Å². The van der Waals surface area contributed by atoms with E-state index in [4.69, 9.17) is 4.52 Å². The third-order valence-electron chi connectivity index (χ3n) is 3.37. The van der Waals surface area contributed by atoms with Crippen LogP contribution < -0.4 is 5.32 Å². The van der Waals surface area contributed by atoms with Crippen LogP contribution in [0.3, 0.4) is 0 Å². The summed E-state index contributed by atoms with van der Waals surface area (Å²) in [5.74, 6) is -2.80. The van der Waals surface area contributed by atoms with Crippen LogP contribution in [0.5, 0.6) is 0 Å². The minimum Gasteiger partial charge on any atom is -0.334 e. The van der Waals surface area contributed by atoms with Crippen LogP contribution >= 0.6 is 0 Å². The first kappa shape index (κ1) is 13.1. The van der Waals surface area contributed by atoms with E-state index >= 15 is 0 Å². The van der Waals surface area contributed by atoms with Gasteiger partial charge in [-0.2, -0.15) is 4.98 Å². The van der Waals surface area contributed by atoms with E-state index < -0.39 is 23.0 Å². The van der Waals surface area contributed by atoms with E-state index in [2.05, 4.69) is 15.5 Å². The van der Waals surface area contributed by atoms with Gasteiger partial charge >= 0.3 is 0 Å². The van der Waals surface area contributed by atoms with Crippen LogP contribution in [-0.4, -0.2) is 23.2 Å². The summed E-state index contributed by atoms with van der Waals surface area (Å²) in [6.45, 7) is 1.68. The highest BCUT2D eigenvalue weighted by molar-refractivity contribution is 5.54. The minimum atomic E-state index is -1.05. The highest BCUT2D eigenvalue weighted by atomic mass is 19.1. The lowest BCUT2D eigenvalue weighted by Gasteiger charge is -2.18. The van der Waals surface area contributed by atoms with Gasteiger partial charge in [-0.1, -0.05) is 5.16 Å². The van der Waals surface area contributed by atoms with Crippen LogP contribution in [0.2, 0.25) is 0 Å². The molecule has 0 saturated carbocycles. The number of nitrogens with zero attached hydrogens (tertiary/aromatic N) is 2. The number of benzene rings is 1. The summed E-state index contributed by atoms with van der Waals surface area (Å²) in [7, 11) is 0. The van der Waals surface area contributed by atoms with E-state index in [9.17, 15) is 13.2 Å². The number of hydrogen-bond donors (Lipinski definition) is 1. The maximum atomic E-state index is 13.6. The van der Waals surface area contributed by atoms with E-state index in [0.717, 1.165) is 25.9 Å². The Bertz CT molecular complexity index is 600. The van der Waals surface area contributed by atoms with Crippen LogP contribution in [0.4, 0.5) is 13.2 Å². The van der Waals surface area contributed by atoms with Crippen molar-refractivity contribution in [3.63, 3.8) is 0 Å². The Kier molecular flexibility index (Phi) is 3.43. The molecule has 2 heterocycles. The third kappa shape index (κ3) is 2.40. The van der Waals surface area contributed by atoms with Gasteiger partial charge in [0.15, 0.2) is 5.82 Å². The predicted molar refractivity (Wildman–Crippen MR) is 64.5 cm³/mol. The van der Waals surface area contributed by atoms with Gasteiger partial charge in [-0.15, -0.1) is 0 Å². The molecule has 7 heteroatoms. The van der Waals surface area contributed by atoms with E-state index in [1.807, 2.05) is 0 Å². The number of aromatic nitrogens is 2. The summed E-state index contributed by atoms with van der Waals surface area (Å²) in [4.78, 5) is 4.05. The van der Waals surface area contributed by atoms with E-state index in [-0.39, 0.29) is 11.8 Å². The van der Waals surface area contributed by atoms with Crippen LogP contribution in [0.15, 0.2) is 16.7 Å². The van der Waals surface area contributed by atoms with Crippen LogP contribution in [-0.2, 0) is 0 Å². The molecule has 1 aromatic heterocycles. The van der Waals surface area contributed by atoms with Crippen molar-refractivity contribution < 1.29 is 17.7 Å². The lowest BCUT2D eigenvalue weighted by molar-refractivity contribution is 0.389. The Morgan fingerprint density at radius 2 is 1.75 bits per heavy atom. The first-order valence-corrected chi connectivity index (χ1v) is 6.34. The summed E-state index contributed by atoms with van der Waals surface area (Å²) in [6.07, 6.45) is 1.68. The van der Waals surface area contributed by atoms with Gasteiger partial charge in [0.2, 0.25) is 0 Å².